The van der Waals surface area contributed by atoms with Crippen LogP contribution in [-0.4, -0.2) is 44.3 Å². The molecule has 0 fully saturated rings. The van der Waals surface area contributed by atoms with Crippen molar-refractivity contribution in [3.8, 4) is 30.3 Å². The number of nitrogens with two attached hydrogens (primary N) is 6. The summed E-state index contributed by atoms with van der Waals surface area (Å²) in [6.45, 7) is 0. The summed E-state index contributed by atoms with van der Waals surface area (Å²) in [7, 11) is 0. The minimum absolute atomic E-state index is 0.0131. The van der Waals surface area contributed by atoms with Crippen LogP contribution in [0, 0.1) is 148 Å². The number of hydrogen-bond acceptors (Lipinski definition) is 29. The van der Waals surface area contributed by atoms with E-state index >= 15 is 0 Å². The standard InChI is InChI=1S/C8H4N4O2.C7H4BrN3O2.C7H4ClN3O2.C7H4N4O4.C6H4BrN3O4.C6H4ClN3O4/c9-3-5-1-7(12(13)14)2-6(4-10)8(5)11;2*8-6-2-5(11(12)13)1-4(3-9)7(6)10;8-3-4-1-5(10(12)13)2-6(7(4)9)11(14)15;2*7-4-1-3(9(11)12)2-5(6(4)8)10(13)14/h1-2H,11H2;2*1-2H,10H2;1-2H,9H2;2*1-2H,8H2. The molecule has 12 N–H and O–H groups in total. The maximum atomic E-state index is 10.5. The van der Waals surface area contributed by atoms with Crippen molar-refractivity contribution in [2.24, 2.45) is 0 Å². The molecule has 0 aliphatic rings. The molecular formula is C41H24Br2Cl2N20O18. The Morgan fingerprint density at radius 1 is 0.301 bits per heavy atom. The number of rotatable bonds is 9. The molecule has 0 heterocycles. The summed E-state index contributed by atoms with van der Waals surface area (Å²) >= 11 is 17.0. The van der Waals surface area contributed by atoms with E-state index in [1.807, 2.05) is 0 Å². The second-order valence-corrected chi connectivity index (χ2v) is 16.8. The normalized spacial score (nSPS) is 9.34. The first-order valence-corrected chi connectivity index (χ1v) is 22.4. The molecule has 424 valence electrons. The number of anilines is 6. The van der Waals surface area contributed by atoms with Crippen LogP contribution >= 0.6 is 55.1 Å². The molecule has 6 aromatic carbocycles. The molecular weight excluding hydrogens is 1290 g/mol. The molecule has 0 saturated heterocycles. The Balaban J connectivity index is 0.000000498. The third kappa shape index (κ3) is 19.0. The van der Waals surface area contributed by atoms with Crippen LogP contribution in [0.25, 0.3) is 0 Å². The second kappa shape index (κ2) is 30.6. The summed E-state index contributed by atoms with van der Waals surface area (Å²) in [5, 5.41) is 136. The van der Waals surface area contributed by atoms with Crippen molar-refractivity contribution in [3.05, 3.63) is 211 Å². The van der Waals surface area contributed by atoms with Crippen molar-refractivity contribution in [2.75, 3.05) is 34.4 Å². The van der Waals surface area contributed by atoms with Gasteiger partial charge in [0.2, 0.25) is 0 Å². The predicted molar refractivity (Wildman–Crippen MR) is 294 cm³/mol. The first-order valence-electron chi connectivity index (χ1n) is 20.1. The molecule has 0 saturated carbocycles. The molecule has 42 heteroatoms. The molecule has 83 heavy (non-hydrogen) atoms. The predicted octanol–water partition coefficient (Wildman–Crippen LogP) is 8.98. The minimum atomic E-state index is -0.872. The van der Waals surface area contributed by atoms with Gasteiger partial charge < -0.3 is 34.4 Å². The van der Waals surface area contributed by atoms with Crippen molar-refractivity contribution < 1.29 is 44.3 Å². The SMILES string of the molecule is N#Cc1cc([N+](=O)[O-])cc(Br)c1N.N#Cc1cc([N+](=O)[O-])cc(C#N)c1N.N#Cc1cc([N+](=O)[O-])cc(Cl)c1N.N#Cc1cc([N+](=O)[O-])cc([N+](=O)[O-])c1N.Nc1c(Br)cc([N+](=O)[O-])cc1[N+](=O)[O-].Nc1c(Cl)cc([N+](=O)[O-])cc1[N+](=O)[O-]. The molecule has 6 aromatic rings. The van der Waals surface area contributed by atoms with Gasteiger partial charge in [-0.2, -0.15) is 26.3 Å². The summed E-state index contributed by atoms with van der Waals surface area (Å²) in [4.78, 5) is 86.8. The quantitative estimate of drug-likeness (QED) is 0.0446. The smallest absolute Gasteiger partial charge is 0.300 e. The Morgan fingerprint density at radius 2 is 0.518 bits per heavy atom. The fourth-order valence-corrected chi connectivity index (χ4v) is 6.50. The van der Waals surface area contributed by atoms with Gasteiger partial charge in [-0.3, -0.25) is 91.0 Å². The Morgan fingerprint density at radius 3 is 0.843 bits per heavy atom. The van der Waals surface area contributed by atoms with E-state index < -0.39 is 72.7 Å². The van der Waals surface area contributed by atoms with Gasteiger partial charge in [0.05, 0.1) is 122 Å². The molecule has 0 aliphatic heterocycles. The van der Waals surface area contributed by atoms with Crippen molar-refractivity contribution >= 4 is 140 Å². The minimum Gasteiger partial charge on any atom is -0.397 e. The van der Waals surface area contributed by atoms with Gasteiger partial charge in [-0.15, -0.1) is 0 Å². The van der Waals surface area contributed by atoms with E-state index in [-0.39, 0.29) is 99.2 Å². The van der Waals surface area contributed by atoms with Crippen LogP contribution in [0.2, 0.25) is 10.0 Å². The van der Waals surface area contributed by atoms with Crippen molar-refractivity contribution in [1.82, 2.24) is 0 Å². The number of nitriles is 5. The highest BCUT2D eigenvalue weighted by Gasteiger charge is 2.24. The summed E-state index contributed by atoms with van der Waals surface area (Å²) in [6.07, 6.45) is 0. The lowest BCUT2D eigenvalue weighted by atomic mass is 10.1. The second-order valence-electron chi connectivity index (χ2n) is 14.3. The number of nitrogen functional groups attached to an aromatic ring is 6. The Labute approximate surface area is 484 Å². The van der Waals surface area contributed by atoms with Crippen molar-refractivity contribution in [2.45, 2.75) is 0 Å². The lowest BCUT2D eigenvalue weighted by Gasteiger charge is -1.99. The van der Waals surface area contributed by atoms with Crippen molar-refractivity contribution in [1.29, 1.82) is 26.3 Å². The van der Waals surface area contributed by atoms with Crippen LogP contribution in [-0.2, 0) is 0 Å². The summed E-state index contributed by atoms with van der Waals surface area (Å²) in [6, 6.07) is 20.3. The first kappa shape index (κ1) is 68.7. The number of non-ortho nitro benzene ring substituents is 6. The number of nitrogens with zero attached hydrogens (tertiary/aromatic N) is 14. The largest absolute Gasteiger partial charge is 0.397 e. The molecule has 0 amide bonds. The van der Waals surface area contributed by atoms with Crippen LogP contribution in [0.4, 0.5) is 85.3 Å². The van der Waals surface area contributed by atoms with Gasteiger partial charge in [0.1, 0.15) is 47.4 Å². The molecule has 0 bridgehead atoms. The lowest BCUT2D eigenvalue weighted by molar-refractivity contribution is -0.393. The molecule has 0 unspecified atom stereocenters. The van der Waals surface area contributed by atoms with Crippen LogP contribution in [0.15, 0.2) is 81.7 Å². The maximum absolute atomic E-state index is 10.5. The Bertz CT molecular complexity index is 3740. The molecule has 38 nitrogen and oxygen atoms in total. The average molecular weight is 1320 g/mol. The Kier molecular flexibility index (Phi) is 25.3. The zero-order valence-corrected chi connectivity index (χ0v) is 44.7. The monoisotopic (exact) mass is 1310 g/mol. The number of benzene rings is 6. The van der Waals surface area contributed by atoms with E-state index in [0.29, 0.717) is 4.47 Å². The molecule has 6 rings (SSSR count). The molecule has 0 aromatic heterocycles. The maximum Gasteiger partial charge on any atom is 0.300 e. The van der Waals surface area contributed by atoms with Crippen LogP contribution in [0.3, 0.4) is 0 Å². The van der Waals surface area contributed by atoms with E-state index in [2.05, 4.69) is 31.9 Å². The van der Waals surface area contributed by atoms with Crippen molar-refractivity contribution in [3.63, 3.8) is 0 Å². The number of halogens is 4. The topological polar surface area (TPSA) is 663 Å². The van der Waals surface area contributed by atoms with Gasteiger partial charge in [-0.25, -0.2) is 0 Å². The van der Waals surface area contributed by atoms with E-state index in [4.69, 9.17) is 83.9 Å². The number of nitro groups is 9. The summed E-state index contributed by atoms with van der Waals surface area (Å²) in [5.41, 5.74) is 27.6. The average Bonchev–Trinajstić information content (AvgIpc) is 3.55. The summed E-state index contributed by atoms with van der Waals surface area (Å²) < 4.78 is 0.497. The van der Waals surface area contributed by atoms with Crippen LogP contribution in [0.5, 0.6) is 0 Å². The van der Waals surface area contributed by atoms with Gasteiger partial charge in [-0.1, -0.05) is 23.2 Å². The summed E-state index contributed by atoms with van der Waals surface area (Å²) in [5.74, 6) is 0. The van der Waals surface area contributed by atoms with Crippen LogP contribution < -0.4 is 34.4 Å². The van der Waals surface area contributed by atoms with Gasteiger partial charge in [0, 0.05) is 59.1 Å². The zero-order valence-electron chi connectivity index (χ0n) is 40.0. The number of hydrogen-bond donors (Lipinski definition) is 6. The van der Waals surface area contributed by atoms with E-state index in [9.17, 15) is 91.0 Å². The van der Waals surface area contributed by atoms with Gasteiger partial charge in [-0.05, 0) is 31.9 Å². The zero-order chi connectivity index (χ0) is 64.1. The molecule has 0 spiro atoms. The molecule has 0 aliphatic carbocycles. The third-order valence-electron chi connectivity index (χ3n) is 9.18. The highest BCUT2D eigenvalue weighted by Crippen LogP contribution is 2.36. The van der Waals surface area contributed by atoms with Gasteiger partial charge >= 0.3 is 5.69 Å². The molecule has 0 atom stereocenters. The third-order valence-corrected chi connectivity index (χ3v) is 11.1. The van der Waals surface area contributed by atoms with Gasteiger partial charge in [0.25, 0.3) is 45.5 Å². The van der Waals surface area contributed by atoms with Gasteiger partial charge in [0.15, 0.2) is 0 Å². The first-order chi connectivity index (χ1) is 38.5. The van der Waals surface area contributed by atoms with E-state index in [0.717, 1.165) is 66.7 Å². The molecule has 0 radical (unpaired) electrons. The fourth-order valence-electron chi connectivity index (χ4n) is 5.20. The number of nitro benzene ring substituents is 9. The Hall–Kier alpha value is -12.3. The van der Waals surface area contributed by atoms with E-state index in [1.54, 1.807) is 30.3 Å². The fraction of sp³-hybridized carbons (Fsp3) is 0. The lowest BCUT2D eigenvalue weighted by Crippen LogP contribution is -2.00. The highest BCUT2D eigenvalue weighted by molar-refractivity contribution is 9.11. The highest BCUT2D eigenvalue weighted by atomic mass is 79.9. The van der Waals surface area contributed by atoms with Crippen LogP contribution in [0.1, 0.15) is 27.8 Å². The van der Waals surface area contributed by atoms with E-state index in [1.165, 1.54) is 6.07 Å².